The largest absolute Gasteiger partial charge is 0.508 e. The van der Waals surface area contributed by atoms with Gasteiger partial charge in [-0.3, -0.25) is 4.79 Å². The van der Waals surface area contributed by atoms with Crippen molar-refractivity contribution in [2.24, 2.45) is 0 Å². The number of phenolic OH excluding ortho intramolecular Hbond substituents is 1. The number of phenols is 1. The lowest BCUT2D eigenvalue weighted by Crippen LogP contribution is -1.96. The zero-order chi connectivity index (χ0) is 16.8. The van der Waals surface area contributed by atoms with Crippen molar-refractivity contribution in [3.05, 3.63) is 96.7 Å². The molecule has 3 nitrogen and oxygen atoms in total. The number of allylic oxidation sites excluding steroid dienone is 1. The van der Waals surface area contributed by atoms with Gasteiger partial charge >= 0.3 is 0 Å². The molecule has 118 valence electrons. The first-order chi connectivity index (χ1) is 11.7. The van der Waals surface area contributed by atoms with Gasteiger partial charge in [-0.15, -0.1) is 0 Å². The Hall–Kier alpha value is -3.33. The first-order valence-electron chi connectivity index (χ1n) is 7.64. The minimum Gasteiger partial charge on any atom is -0.508 e. The number of carbonyl (C=O) groups excluding carboxylic acids is 1. The topological polar surface area (TPSA) is 49.3 Å². The van der Waals surface area contributed by atoms with Crippen LogP contribution in [0.4, 0.5) is 5.69 Å². The average Bonchev–Trinajstić information content (AvgIpc) is 2.64. The first-order valence-corrected chi connectivity index (χ1v) is 7.64. The molecule has 0 aliphatic rings. The van der Waals surface area contributed by atoms with Gasteiger partial charge in [-0.05, 0) is 35.4 Å². The molecule has 3 aromatic rings. The van der Waals surface area contributed by atoms with E-state index in [1.807, 2.05) is 54.6 Å². The van der Waals surface area contributed by atoms with E-state index in [-0.39, 0.29) is 11.5 Å². The molecule has 0 radical (unpaired) electrons. The maximum atomic E-state index is 12.2. The van der Waals surface area contributed by atoms with Crippen molar-refractivity contribution in [3.8, 4) is 16.9 Å². The number of benzene rings is 3. The molecule has 24 heavy (non-hydrogen) atoms. The zero-order valence-corrected chi connectivity index (χ0v) is 13.0. The van der Waals surface area contributed by atoms with E-state index in [1.165, 1.54) is 6.08 Å². The first kappa shape index (κ1) is 15.6. The second kappa shape index (κ2) is 7.29. The highest BCUT2D eigenvalue weighted by Gasteiger charge is 2.02. The number of carbonyl (C=O) groups is 1. The van der Waals surface area contributed by atoms with Gasteiger partial charge in [0.2, 0.25) is 0 Å². The lowest BCUT2D eigenvalue weighted by Gasteiger charge is -2.03. The van der Waals surface area contributed by atoms with Crippen LogP contribution in [0, 0.1) is 0 Å². The monoisotopic (exact) mass is 315 g/mol. The molecule has 2 N–H and O–H groups in total. The molecule has 0 saturated carbocycles. The van der Waals surface area contributed by atoms with Crippen LogP contribution in [0.5, 0.6) is 5.75 Å². The molecule has 0 aliphatic carbocycles. The molecule has 3 aromatic carbocycles. The lowest BCUT2D eigenvalue weighted by molar-refractivity contribution is 0.104. The number of hydrogen-bond acceptors (Lipinski definition) is 3. The molecule has 0 aromatic heterocycles. The molecular weight excluding hydrogens is 298 g/mol. The van der Waals surface area contributed by atoms with Crippen molar-refractivity contribution in [1.82, 2.24) is 0 Å². The van der Waals surface area contributed by atoms with Crippen molar-refractivity contribution in [3.63, 3.8) is 0 Å². The number of hydrogen-bond donors (Lipinski definition) is 2. The number of ketones is 1. The molecule has 3 rings (SSSR count). The Labute approximate surface area is 140 Å². The molecule has 0 saturated heterocycles. The Kier molecular flexibility index (Phi) is 4.73. The fourth-order valence-corrected chi connectivity index (χ4v) is 2.33. The van der Waals surface area contributed by atoms with Gasteiger partial charge in [0.1, 0.15) is 5.75 Å². The molecule has 0 bridgehead atoms. The maximum Gasteiger partial charge on any atom is 0.187 e. The molecule has 0 unspecified atom stereocenters. The van der Waals surface area contributed by atoms with Crippen LogP contribution in [-0.2, 0) is 0 Å². The smallest absolute Gasteiger partial charge is 0.187 e. The predicted octanol–water partition coefficient (Wildman–Crippen LogP) is 4.87. The third kappa shape index (κ3) is 3.90. The summed E-state index contributed by atoms with van der Waals surface area (Å²) >= 11 is 0. The second-order valence-electron chi connectivity index (χ2n) is 5.33. The molecule has 0 atom stereocenters. The normalized spacial score (nSPS) is 10.7. The van der Waals surface area contributed by atoms with E-state index < -0.39 is 0 Å². The summed E-state index contributed by atoms with van der Waals surface area (Å²) in [6, 6.07) is 24.2. The summed E-state index contributed by atoms with van der Waals surface area (Å²) in [5.74, 6) is 0.139. The van der Waals surface area contributed by atoms with Gasteiger partial charge in [0.05, 0.1) is 0 Å². The highest BCUT2D eigenvalue weighted by molar-refractivity contribution is 6.04. The zero-order valence-electron chi connectivity index (χ0n) is 13.0. The minimum atomic E-state index is -0.0686. The van der Waals surface area contributed by atoms with Crippen LogP contribution in [0.3, 0.4) is 0 Å². The Morgan fingerprint density at radius 1 is 0.792 bits per heavy atom. The average molecular weight is 315 g/mol. The predicted molar refractivity (Wildman–Crippen MR) is 97.1 cm³/mol. The van der Waals surface area contributed by atoms with Gasteiger partial charge in [0.25, 0.3) is 0 Å². The van der Waals surface area contributed by atoms with Crippen LogP contribution in [-0.4, -0.2) is 10.9 Å². The van der Waals surface area contributed by atoms with Crippen molar-refractivity contribution in [2.75, 3.05) is 5.32 Å². The highest BCUT2D eigenvalue weighted by atomic mass is 16.3. The summed E-state index contributed by atoms with van der Waals surface area (Å²) in [6.45, 7) is 0. The van der Waals surface area contributed by atoms with Crippen LogP contribution < -0.4 is 5.32 Å². The summed E-state index contributed by atoms with van der Waals surface area (Å²) in [4.78, 5) is 12.2. The van der Waals surface area contributed by atoms with Crippen LogP contribution >= 0.6 is 0 Å². The van der Waals surface area contributed by atoms with E-state index >= 15 is 0 Å². The Balaban J connectivity index is 1.64. The Bertz CT molecular complexity index is 835. The standard InChI is InChI=1S/C21H17NO2/c23-20-12-10-19(11-13-20)22-15-14-21(24)18-8-6-17(7-9-18)16-4-2-1-3-5-16/h1-15,22-23H. The summed E-state index contributed by atoms with van der Waals surface area (Å²) in [7, 11) is 0. The quantitative estimate of drug-likeness (QED) is 0.401. The number of nitrogens with one attached hydrogen (secondary N) is 1. The molecule has 0 amide bonds. The highest BCUT2D eigenvalue weighted by Crippen LogP contribution is 2.19. The van der Waals surface area contributed by atoms with Gasteiger partial charge in [0.15, 0.2) is 5.78 Å². The summed E-state index contributed by atoms with van der Waals surface area (Å²) in [5, 5.41) is 12.2. The summed E-state index contributed by atoms with van der Waals surface area (Å²) < 4.78 is 0. The summed E-state index contributed by atoms with van der Waals surface area (Å²) in [6.07, 6.45) is 3.09. The van der Waals surface area contributed by atoms with Crippen molar-refractivity contribution >= 4 is 11.5 Å². The molecular formula is C21H17NO2. The van der Waals surface area contributed by atoms with E-state index in [0.717, 1.165) is 16.8 Å². The number of anilines is 1. The fraction of sp³-hybridized carbons (Fsp3) is 0. The van der Waals surface area contributed by atoms with Crippen LogP contribution in [0.25, 0.3) is 11.1 Å². The molecule has 0 fully saturated rings. The van der Waals surface area contributed by atoms with Crippen molar-refractivity contribution in [2.45, 2.75) is 0 Å². The van der Waals surface area contributed by atoms with Gasteiger partial charge in [0, 0.05) is 23.5 Å². The van der Waals surface area contributed by atoms with Crippen molar-refractivity contribution < 1.29 is 9.90 Å². The Morgan fingerprint density at radius 3 is 2.08 bits per heavy atom. The van der Waals surface area contributed by atoms with E-state index in [9.17, 15) is 9.90 Å². The van der Waals surface area contributed by atoms with Crippen LogP contribution in [0.15, 0.2) is 91.1 Å². The lowest BCUT2D eigenvalue weighted by atomic mass is 10.0. The Morgan fingerprint density at radius 2 is 1.42 bits per heavy atom. The molecule has 0 spiro atoms. The van der Waals surface area contributed by atoms with Crippen molar-refractivity contribution in [1.29, 1.82) is 0 Å². The van der Waals surface area contributed by atoms with E-state index in [1.54, 1.807) is 30.5 Å². The minimum absolute atomic E-state index is 0.0686. The molecule has 0 aliphatic heterocycles. The van der Waals surface area contributed by atoms with Gasteiger partial charge in [-0.1, -0.05) is 54.6 Å². The number of rotatable bonds is 5. The maximum absolute atomic E-state index is 12.2. The van der Waals surface area contributed by atoms with E-state index in [4.69, 9.17) is 0 Å². The second-order valence-corrected chi connectivity index (χ2v) is 5.33. The van der Waals surface area contributed by atoms with Gasteiger partial charge in [-0.2, -0.15) is 0 Å². The third-order valence-corrected chi connectivity index (χ3v) is 3.63. The van der Waals surface area contributed by atoms with E-state index in [0.29, 0.717) is 5.56 Å². The third-order valence-electron chi connectivity index (χ3n) is 3.63. The van der Waals surface area contributed by atoms with Gasteiger partial charge in [-0.25, -0.2) is 0 Å². The van der Waals surface area contributed by atoms with Crippen LogP contribution in [0.1, 0.15) is 10.4 Å². The van der Waals surface area contributed by atoms with Crippen LogP contribution in [0.2, 0.25) is 0 Å². The SMILES string of the molecule is O=C(C=CNc1ccc(O)cc1)c1ccc(-c2ccccc2)cc1. The summed E-state index contributed by atoms with van der Waals surface area (Å²) in [5.41, 5.74) is 3.65. The number of aromatic hydroxyl groups is 1. The molecule has 3 heteroatoms. The van der Waals surface area contributed by atoms with E-state index in [2.05, 4.69) is 5.32 Å². The molecule has 0 heterocycles. The van der Waals surface area contributed by atoms with Gasteiger partial charge < -0.3 is 10.4 Å². The fourth-order valence-electron chi connectivity index (χ4n) is 2.33.